The van der Waals surface area contributed by atoms with Crippen molar-refractivity contribution >= 4 is 5.97 Å². The molecule has 0 saturated heterocycles. The molecule has 0 unspecified atom stereocenters. The summed E-state index contributed by atoms with van der Waals surface area (Å²) in [5.74, 6) is -0.826. The Morgan fingerprint density at radius 1 is 0.826 bits per heavy atom. The van der Waals surface area contributed by atoms with Crippen molar-refractivity contribution in [2.75, 3.05) is 0 Å². The SMILES string of the molecule is O=C(O)Cc1ccc(CCCCCCCCCC(F)(F)F)cc1. The summed E-state index contributed by atoms with van der Waals surface area (Å²) < 4.78 is 35.9. The number of halogens is 3. The summed E-state index contributed by atoms with van der Waals surface area (Å²) in [5.41, 5.74) is 2.00. The van der Waals surface area contributed by atoms with E-state index in [0.717, 1.165) is 44.1 Å². The zero-order chi connectivity index (χ0) is 17.1. The lowest BCUT2D eigenvalue weighted by atomic mass is 10.0. The van der Waals surface area contributed by atoms with Crippen LogP contribution in [0.15, 0.2) is 24.3 Å². The van der Waals surface area contributed by atoms with Gasteiger partial charge in [0, 0.05) is 6.42 Å². The van der Waals surface area contributed by atoms with Crippen molar-refractivity contribution in [2.24, 2.45) is 0 Å². The first-order valence-electron chi connectivity index (χ1n) is 8.23. The first-order valence-corrected chi connectivity index (χ1v) is 8.23. The molecule has 0 radical (unpaired) electrons. The number of aliphatic carboxylic acids is 1. The Kier molecular flexibility index (Phi) is 8.74. The van der Waals surface area contributed by atoms with Crippen molar-refractivity contribution in [3.05, 3.63) is 35.4 Å². The maximum Gasteiger partial charge on any atom is 0.389 e. The molecule has 23 heavy (non-hydrogen) atoms. The Bertz CT molecular complexity index is 452. The fourth-order valence-corrected chi connectivity index (χ4v) is 2.54. The number of carboxylic acids is 1. The van der Waals surface area contributed by atoms with E-state index in [4.69, 9.17) is 5.11 Å². The highest BCUT2D eigenvalue weighted by molar-refractivity contribution is 5.70. The smallest absolute Gasteiger partial charge is 0.389 e. The second kappa shape index (κ2) is 10.3. The van der Waals surface area contributed by atoms with Crippen LogP contribution >= 0.6 is 0 Å². The van der Waals surface area contributed by atoms with Crippen LogP contribution in [-0.4, -0.2) is 17.3 Å². The monoisotopic (exact) mass is 330 g/mol. The van der Waals surface area contributed by atoms with Gasteiger partial charge in [0.05, 0.1) is 6.42 Å². The number of rotatable bonds is 11. The Hall–Kier alpha value is -1.52. The molecule has 0 heterocycles. The van der Waals surface area contributed by atoms with E-state index >= 15 is 0 Å². The van der Waals surface area contributed by atoms with Gasteiger partial charge in [-0.25, -0.2) is 0 Å². The molecule has 0 bridgehead atoms. The van der Waals surface area contributed by atoms with E-state index in [1.54, 1.807) is 0 Å². The molecule has 0 saturated carbocycles. The molecular formula is C18H25F3O2. The first kappa shape index (κ1) is 19.5. The zero-order valence-electron chi connectivity index (χ0n) is 13.4. The fourth-order valence-electron chi connectivity index (χ4n) is 2.54. The van der Waals surface area contributed by atoms with Gasteiger partial charge < -0.3 is 5.11 Å². The molecule has 0 spiro atoms. The summed E-state index contributed by atoms with van der Waals surface area (Å²) in [6.07, 6.45) is 2.30. The van der Waals surface area contributed by atoms with Gasteiger partial charge in [0.15, 0.2) is 0 Å². The second-order valence-electron chi connectivity index (χ2n) is 5.98. The molecule has 1 aromatic carbocycles. The highest BCUT2D eigenvalue weighted by Gasteiger charge is 2.25. The van der Waals surface area contributed by atoms with E-state index in [1.165, 1.54) is 5.56 Å². The van der Waals surface area contributed by atoms with Gasteiger partial charge in [0.2, 0.25) is 0 Å². The third-order valence-corrected chi connectivity index (χ3v) is 3.80. The molecule has 0 aliphatic heterocycles. The summed E-state index contributed by atoms with van der Waals surface area (Å²) in [6, 6.07) is 7.64. The lowest BCUT2D eigenvalue weighted by molar-refractivity contribution is -0.136. The highest BCUT2D eigenvalue weighted by Crippen LogP contribution is 2.23. The van der Waals surface area contributed by atoms with E-state index in [9.17, 15) is 18.0 Å². The fraction of sp³-hybridized carbons (Fsp3) is 0.611. The number of hydrogen-bond donors (Lipinski definition) is 1. The molecular weight excluding hydrogens is 305 g/mol. The van der Waals surface area contributed by atoms with E-state index in [1.807, 2.05) is 24.3 Å². The van der Waals surface area contributed by atoms with Crippen molar-refractivity contribution in [2.45, 2.75) is 70.4 Å². The average molecular weight is 330 g/mol. The van der Waals surface area contributed by atoms with E-state index in [2.05, 4.69) is 0 Å². The Labute approximate surface area is 135 Å². The largest absolute Gasteiger partial charge is 0.481 e. The number of alkyl halides is 3. The molecule has 0 aromatic heterocycles. The van der Waals surface area contributed by atoms with Crippen LogP contribution in [0.2, 0.25) is 0 Å². The average Bonchev–Trinajstić information content (AvgIpc) is 2.45. The standard InChI is InChI=1S/C18H25F3O2/c19-18(20,21)13-7-5-3-1-2-4-6-8-15-9-11-16(12-10-15)14-17(22)23/h9-12H,1-8,13-14H2,(H,22,23). The lowest BCUT2D eigenvalue weighted by Crippen LogP contribution is -2.06. The van der Waals surface area contributed by atoms with Crippen LogP contribution in [0.4, 0.5) is 13.2 Å². The van der Waals surface area contributed by atoms with Crippen molar-refractivity contribution in [3.63, 3.8) is 0 Å². The predicted octanol–water partition coefficient (Wildman–Crippen LogP) is 5.54. The number of benzene rings is 1. The van der Waals surface area contributed by atoms with E-state index in [-0.39, 0.29) is 12.8 Å². The van der Waals surface area contributed by atoms with E-state index < -0.39 is 18.6 Å². The third-order valence-electron chi connectivity index (χ3n) is 3.80. The molecule has 0 aliphatic rings. The molecule has 0 amide bonds. The summed E-state index contributed by atoms with van der Waals surface area (Å²) in [6.45, 7) is 0. The van der Waals surface area contributed by atoms with Crippen LogP contribution in [0.1, 0.15) is 62.5 Å². The van der Waals surface area contributed by atoms with Gasteiger partial charge in [-0.15, -0.1) is 0 Å². The van der Waals surface area contributed by atoms with Gasteiger partial charge in [-0.3, -0.25) is 4.79 Å². The quantitative estimate of drug-likeness (QED) is 0.541. The Balaban J connectivity index is 2.01. The molecule has 1 aromatic rings. The summed E-state index contributed by atoms with van der Waals surface area (Å²) >= 11 is 0. The highest BCUT2D eigenvalue weighted by atomic mass is 19.4. The predicted molar refractivity (Wildman–Crippen MR) is 84.5 cm³/mol. The minimum absolute atomic E-state index is 0.0502. The minimum atomic E-state index is -4.01. The number of carboxylic acid groups (broad SMARTS) is 1. The van der Waals surface area contributed by atoms with Crippen LogP contribution in [0.3, 0.4) is 0 Å². The van der Waals surface area contributed by atoms with Gasteiger partial charge in [0.25, 0.3) is 0 Å². The summed E-state index contributed by atoms with van der Waals surface area (Å²) in [7, 11) is 0. The molecule has 0 atom stereocenters. The van der Waals surface area contributed by atoms with Crippen LogP contribution < -0.4 is 0 Å². The van der Waals surface area contributed by atoms with Gasteiger partial charge >= 0.3 is 12.1 Å². The topological polar surface area (TPSA) is 37.3 Å². The van der Waals surface area contributed by atoms with Crippen molar-refractivity contribution in [1.82, 2.24) is 0 Å². The van der Waals surface area contributed by atoms with Gasteiger partial charge in [-0.2, -0.15) is 13.2 Å². The molecule has 5 heteroatoms. The molecule has 0 aliphatic carbocycles. The van der Waals surface area contributed by atoms with Gasteiger partial charge in [-0.05, 0) is 30.4 Å². The second-order valence-corrected chi connectivity index (χ2v) is 5.98. The van der Waals surface area contributed by atoms with Gasteiger partial charge in [-0.1, -0.05) is 56.4 Å². The molecule has 1 N–H and O–H groups in total. The normalized spacial score (nSPS) is 11.6. The zero-order valence-corrected chi connectivity index (χ0v) is 13.4. The first-order chi connectivity index (χ1) is 10.9. The van der Waals surface area contributed by atoms with Crippen LogP contribution in [0.25, 0.3) is 0 Å². The number of carbonyl (C=O) groups is 1. The molecule has 2 nitrogen and oxygen atoms in total. The van der Waals surface area contributed by atoms with Gasteiger partial charge in [0.1, 0.15) is 0 Å². The summed E-state index contributed by atoms with van der Waals surface area (Å²) in [5, 5.41) is 8.70. The lowest BCUT2D eigenvalue weighted by Gasteiger charge is -2.06. The Morgan fingerprint density at radius 2 is 1.30 bits per heavy atom. The number of aryl methyl sites for hydroxylation is 1. The number of hydrogen-bond acceptors (Lipinski definition) is 1. The minimum Gasteiger partial charge on any atom is -0.481 e. The Morgan fingerprint density at radius 3 is 1.83 bits per heavy atom. The molecule has 130 valence electrons. The van der Waals surface area contributed by atoms with Crippen molar-refractivity contribution in [1.29, 1.82) is 0 Å². The maximum absolute atomic E-state index is 12.0. The van der Waals surface area contributed by atoms with Crippen LogP contribution in [0.5, 0.6) is 0 Å². The summed E-state index contributed by atoms with van der Waals surface area (Å²) in [4.78, 5) is 10.6. The van der Waals surface area contributed by atoms with E-state index in [0.29, 0.717) is 6.42 Å². The van der Waals surface area contributed by atoms with Crippen molar-refractivity contribution in [3.8, 4) is 0 Å². The van der Waals surface area contributed by atoms with Crippen LogP contribution in [0, 0.1) is 0 Å². The number of unbranched alkanes of at least 4 members (excludes halogenated alkanes) is 6. The maximum atomic E-state index is 12.0. The van der Waals surface area contributed by atoms with Crippen molar-refractivity contribution < 1.29 is 23.1 Å². The molecule has 0 fully saturated rings. The molecule has 1 rings (SSSR count). The van der Waals surface area contributed by atoms with Crippen LogP contribution in [-0.2, 0) is 17.6 Å². The third kappa shape index (κ3) is 10.8.